The summed E-state index contributed by atoms with van der Waals surface area (Å²) in [6.07, 6.45) is 1.88. The maximum atomic E-state index is 5.80. The first-order chi connectivity index (χ1) is 8.81. The van der Waals surface area contributed by atoms with Crippen LogP contribution < -0.4 is 4.74 Å². The van der Waals surface area contributed by atoms with Crippen molar-refractivity contribution in [3.8, 4) is 11.5 Å². The smallest absolute Gasteiger partial charge is 0.128 e. The summed E-state index contributed by atoms with van der Waals surface area (Å²) in [5.74, 6) is 1.68. The minimum absolute atomic E-state index is 0.834. The lowest BCUT2D eigenvalue weighted by atomic mass is 10.1. The Labute approximate surface area is 106 Å². The molecule has 2 aromatic carbocycles. The Morgan fingerprint density at radius 3 is 2.56 bits per heavy atom. The molecule has 0 aliphatic carbocycles. The lowest BCUT2D eigenvalue weighted by molar-refractivity contribution is 0.483. The van der Waals surface area contributed by atoms with E-state index in [9.17, 15) is 0 Å². The van der Waals surface area contributed by atoms with E-state index in [4.69, 9.17) is 4.74 Å². The van der Waals surface area contributed by atoms with Gasteiger partial charge in [0.15, 0.2) is 0 Å². The van der Waals surface area contributed by atoms with Crippen LogP contribution in [0, 0.1) is 6.92 Å². The Bertz CT molecular complexity index is 677. The minimum Gasteiger partial charge on any atom is -0.457 e. The molecule has 0 aliphatic heterocycles. The molecule has 2 nitrogen and oxygen atoms in total. The van der Waals surface area contributed by atoms with Gasteiger partial charge in [-0.1, -0.05) is 18.2 Å². The van der Waals surface area contributed by atoms with Gasteiger partial charge in [0.25, 0.3) is 0 Å². The molecule has 3 aromatic rings. The first kappa shape index (κ1) is 10.8. The minimum atomic E-state index is 0.834. The molecule has 0 unspecified atom stereocenters. The lowest BCUT2D eigenvalue weighted by Gasteiger charge is -2.06. The predicted molar refractivity (Wildman–Crippen MR) is 73.0 cm³/mol. The fraction of sp³-hybridized carbons (Fsp3) is 0.0625. The Morgan fingerprint density at radius 1 is 0.889 bits per heavy atom. The maximum absolute atomic E-state index is 5.80. The van der Waals surface area contributed by atoms with Crippen LogP contribution in [0.5, 0.6) is 11.5 Å². The maximum Gasteiger partial charge on any atom is 0.128 e. The van der Waals surface area contributed by atoms with Crippen LogP contribution in [-0.4, -0.2) is 4.98 Å². The van der Waals surface area contributed by atoms with Crippen molar-refractivity contribution >= 4 is 10.9 Å². The van der Waals surface area contributed by atoms with Crippen LogP contribution in [0.2, 0.25) is 0 Å². The summed E-state index contributed by atoms with van der Waals surface area (Å²) in [4.78, 5) is 4.37. The highest BCUT2D eigenvalue weighted by atomic mass is 16.5. The number of para-hydroxylation sites is 1. The summed E-state index contributed by atoms with van der Waals surface area (Å²) in [6.45, 7) is 2.04. The zero-order valence-corrected chi connectivity index (χ0v) is 10.1. The lowest BCUT2D eigenvalue weighted by Crippen LogP contribution is -1.85. The van der Waals surface area contributed by atoms with E-state index in [0.717, 1.165) is 28.0 Å². The van der Waals surface area contributed by atoms with E-state index in [1.807, 2.05) is 61.7 Å². The van der Waals surface area contributed by atoms with Crippen LogP contribution in [0.1, 0.15) is 5.56 Å². The van der Waals surface area contributed by atoms with E-state index >= 15 is 0 Å². The van der Waals surface area contributed by atoms with Gasteiger partial charge in [0.1, 0.15) is 11.5 Å². The predicted octanol–water partition coefficient (Wildman–Crippen LogP) is 4.34. The molecule has 0 bridgehead atoms. The Morgan fingerprint density at radius 2 is 1.72 bits per heavy atom. The van der Waals surface area contributed by atoms with E-state index < -0.39 is 0 Å². The number of hydrogen-bond acceptors (Lipinski definition) is 2. The van der Waals surface area contributed by atoms with Gasteiger partial charge in [0.2, 0.25) is 0 Å². The van der Waals surface area contributed by atoms with E-state index in [2.05, 4.69) is 11.1 Å². The number of ether oxygens (including phenoxy) is 1. The SMILES string of the molecule is Cc1cnc2ccc(Oc3ccccc3)cc2c1. The van der Waals surface area contributed by atoms with Crippen molar-refractivity contribution in [1.82, 2.24) is 4.98 Å². The summed E-state index contributed by atoms with van der Waals surface area (Å²) in [6, 6.07) is 17.8. The van der Waals surface area contributed by atoms with Crippen LogP contribution >= 0.6 is 0 Å². The number of fused-ring (bicyclic) bond motifs is 1. The largest absolute Gasteiger partial charge is 0.457 e. The number of pyridine rings is 1. The molecule has 0 amide bonds. The molecule has 0 fully saturated rings. The molecule has 88 valence electrons. The highest BCUT2D eigenvalue weighted by molar-refractivity contribution is 5.80. The topological polar surface area (TPSA) is 22.1 Å². The molecule has 0 atom stereocenters. The number of rotatable bonds is 2. The van der Waals surface area contributed by atoms with Crippen LogP contribution in [0.15, 0.2) is 60.8 Å². The van der Waals surface area contributed by atoms with Gasteiger partial charge in [-0.25, -0.2) is 0 Å². The Kier molecular flexibility index (Phi) is 2.69. The second-order valence-electron chi connectivity index (χ2n) is 4.28. The molecule has 2 heteroatoms. The first-order valence-electron chi connectivity index (χ1n) is 5.90. The van der Waals surface area contributed by atoms with Gasteiger partial charge in [-0.3, -0.25) is 4.98 Å². The van der Waals surface area contributed by atoms with Crippen molar-refractivity contribution in [2.45, 2.75) is 6.92 Å². The summed E-state index contributed by atoms with van der Waals surface area (Å²) >= 11 is 0. The van der Waals surface area contributed by atoms with Gasteiger partial charge in [-0.15, -0.1) is 0 Å². The third-order valence-electron chi connectivity index (χ3n) is 2.77. The van der Waals surface area contributed by atoms with E-state index in [-0.39, 0.29) is 0 Å². The second-order valence-corrected chi connectivity index (χ2v) is 4.28. The molecule has 0 radical (unpaired) electrons. The molecule has 0 N–H and O–H groups in total. The van der Waals surface area contributed by atoms with Crippen LogP contribution in [0.25, 0.3) is 10.9 Å². The summed E-state index contributed by atoms with van der Waals surface area (Å²) in [7, 11) is 0. The van der Waals surface area contributed by atoms with Gasteiger partial charge in [-0.05, 0) is 48.9 Å². The molecular formula is C16H13NO. The fourth-order valence-electron chi connectivity index (χ4n) is 1.91. The van der Waals surface area contributed by atoms with Crippen LogP contribution in [-0.2, 0) is 0 Å². The molecule has 1 aromatic heterocycles. The monoisotopic (exact) mass is 235 g/mol. The molecule has 0 saturated heterocycles. The summed E-state index contributed by atoms with van der Waals surface area (Å²) in [5, 5.41) is 1.10. The Balaban J connectivity index is 1.98. The molecular weight excluding hydrogens is 222 g/mol. The van der Waals surface area contributed by atoms with Crippen molar-refractivity contribution in [2.75, 3.05) is 0 Å². The van der Waals surface area contributed by atoms with Gasteiger partial charge in [-0.2, -0.15) is 0 Å². The van der Waals surface area contributed by atoms with Crippen molar-refractivity contribution < 1.29 is 4.74 Å². The summed E-state index contributed by atoms with van der Waals surface area (Å²) in [5.41, 5.74) is 2.14. The zero-order valence-electron chi connectivity index (χ0n) is 10.1. The molecule has 18 heavy (non-hydrogen) atoms. The molecule has 0 aliphatic rings. The third kappa shape index (κ3) is 2.18. The quantitative estimate of drug-likeness (QED) is 0.659. The van der Waals surface area contributed by atoms with Crippen LogP contribution in [0.3, 0.4) is 0 Å². The number of nitrogens with zero attached hydrogens (tertiary/aromatic N) is 1. The zero-order chi connectivity index (χ0) is 12.4. The molecule has 1 heterocycles. The van der Waals surface area contributed by atoms with Crippen molar-refractivity contribution in [3.05, 3.63) is 66.4 Å². The van der Waals surface area contributed by atoms with Crippen LogP contribution in [0.4, 0.5) is 0 Å². The van der Waals surface area contributed by atoms with Crippen molar-refractivity contribution in [3.63, 3.8) is 0 Å². The Hall–Kier alpha value is -2.35. The van der Waals surface area contributed by atoms with E-state index in [0.29, 0.717) is 0 Å². The fourth-order valence-corrected chi connectivity index (χ4v) is 1.91. The van der Waals surface area contributed by atoms with Gasteiger partial charge in [0.05, 0.1) is 5.52 Å². The van der Waals surface area contributed by atoms with E-state index in [1.54, 1.807) is 0 Å². The molecule has 3 rings (SSSR count). The number of aromatic nitrogens is 1. The van der Waals surface area contributed by atoms with Gasteiger partial charge < -0.3 is 4.74 Å². The first-order valence-corrected chi connectivity index (χ1v) is 5.90. The number of hydrogen-bond donors (Lipinski definition) is 0. The average molecular weight is 235 g/mol. The number of aryl methyl sites for hydroxylation is 1. The standard InChI is InChI=1S/C16H13NO/c1-12-9-13-10-15(7-8-16(13)17-11-12)18-14-5-3-2-4-6-14/h2-11H,1H3. The van der Waals surface area contributed by atoms with Gasteiger partial charge >= 0.3 is 0 Å². The summed E-state index contributed by atoms with van der Waals surface area (Å²) < 4.78 is 5.80. The highest BCUT2D eigenvalue weighted by Crippen LogP contribution is 2.24. The molecule has 0 saturated carbocycles. The van der Waals surface area contributed by atoms with Crippen molar-refractivity contribution in [1.29, 1.82) is 0 Å². The van der Waals surface area contributed by atoms with Crippen molar-refractivity contribution in [2.24, 2.45) is 0 Å². The average Bonchev–Trinajstić information content (AvgIpc) is 2.39. The van der Waals surface area contributed by atoms with E-state index in [1.165, 1.54) is 0 Å². The third-order valence-corrected chi connectivity index (χ3v) is 2.77. The molecule has 0 spiro atoms. The second kappa shape index (κ2) is 4.49. The normalized spacial score (nSPS) is 10.5. The van der Waals surface area contributed by atoms with Gasteiger partial charge in [0, 0.05) is 11.6 Å². The number of benzene rings is 2. The highest BCUT2D eigenvalue weighted by Gasteiger charge is 2.00.